The van der Waals surface area contributed by atoms with Gasteiger partial charge in [0.2, 0.25) is 0 Å². The molecule has 0 N–H and O–H groups in total. The van der Waals surface area contributed by atoms with Crippen LogP contribution in [0.15, 0.2) is 81.7 Å². The van der Waals surface area contributed by atoms with Crippen molar-refractivity contribution >= 4 is 80.2 Å². The Balaban J connectivity index is 1.65. The van der Waals surface area contributed by atoms with Crippen LogP contribution in [-0.2, 0) is 16.1 Å². The number of allylic oxidation sites excluding steroid dienone is 1. The lowest BCUT2D eigenvalue weighted by Crippen LogP contribution is -2.40. The van der Waals surface area contributed by atoms with Crippen LogP contribution in [0.3, 0.4) is 0 Å². The van der Waals surface area contributed by atoms with Crippen LogP contribution in [0.5, 0.6) is 5.75 Å². The molecular formula is C30H22ClFI2N2O4S. The summed E-state index contributed by atoms with van der Waals surface area (Å²) >= 11 is 12.2. The first-order valence-corrected chi connectivity index (χ1v) is 15.8. The Morgan fingerprint density at radius 1 is 1.17 bits per heavy atom. The highest BCUT2D eigenvalue weighted by Crippen LogP contribution is 2.35. The van der Waals surface area contributed by atoms with E-state index in [1.165, 1.54) is 28.0 Å². The molecule has 2 heterocycles. The van der Waals surface area contributed by atoms with Gasteiger partial charge in [0.15, 0.2) is 4.80 Å². The fraction of sp³-hybridized carbons (Fsp3) is 0.167. The lowest BCUT2D eigenvalue weighted by molar-refractivity contribution is -0.139. The van der Waals surface area contributed by atoms with Crippen molar-refractivity contribution in [2.24, 2.45) is 4.99 Å². The van der Waals surface area contributed by atoms with Crippen LogP contribution < -0.4 is 19.6 Å². The molecule has 0 saturated carbocycles. The molecule has 0 aliphatic carbocycles. The zero-order valence-corrected chi connectivity index (χ0v) is 27.7. The molecule has 0 unspecified atom stereocenters. The second-order valence-electron chi connectivity index (χ2n) is 9.04. The van der Waals surface area contributed by atoms with Crippen molar-refractivity contribution in [2.45, 2.75) is 26.5 Å². The fourth-order valence-corrected chi connectivity index (χ4v) is 7.82. The topological polar surface area (TPSA) is 69.9 Å². The summed E-state index contributed by atoms with van der Waals surface area (Å²) in [5.41, 5.74) is 2.55. The third-order valence-corrected chi connectivity index (χ3v) is 9.09. The lowest BCUT2D eigenvalue weighted by Gasteiger charge is -2.25. The number of carbonyl (C=O) groups excluding carboxylic acids is 1. The molecule has 0 saturated heterocycles. The molecule has 3 aromatic carbocycles. The molecule has 0 radical (unpaired) electrons. The number of benzene rings is 3. The molecule has 0 fully saturated rings. The molecule has 1 atom stereocenters. The van der Waals surface area contributed by atoms with Gasteiger partial charge in [0.25, 0.3) is 5.56 Å². The molecule has 0 bridgehead atoms. The predicted molar refractivity (Wildman–Crippen MR) is 174 cm³/mol. The Hall–Kier alpha value is -2.55. The van der Waals surface area contributed by atoms with Gasteiger partial charge in [0, 0.05) is 14.2 Å². The van der Waals surface area contributed by atoms with Crippen LogP contribution in [0.1, 0.15) is 36.6 Å². The molecule has 0 amide bonds. The number of halogens is 4. The van der Waals surface area contributed by atoms with Crippen molar-refractivity contribution in [3.8, 4) is 5.75 Å². The van der Waals surface area contributed by atoms with Gasteiger partial charge in [-0.1, -0.05) is 53.3 Å². The van der Waals surface area contributed by atoms with E-state index in [1.807, 2.05) is 18.2 Å². The summed E-state index contributed by atoms with van der Waals surface area (Å²) in [7, 11) is 0. The average molecular weight is 815 g/mol. The Labute approximate surface area is 271 Å². The van der Waals surface area contributed by atoms with Gasteiger partial charge < -0.3 is 9.47 Å². The first kappa shape index (κ1) is 29.9. The van der Waals surface area contributed by atoms with Gasteiger partial charge in [-0.15, -0.1) is 0 Å². The largest absolute Gasteiger partial charge is 0.487 e. The minimum atomic E-state index is -0.800. The fourth-order valence-electron chi connectivity index (χ4n) is 4.50. The zero-order chi connectivity index (χ0) is 29.3. The minimum Gasteiger partial charge on any atom is -0.487 e. The first-order chi connectivity index (χ1) is 19.7. The normalized spacial score (nSPS) is 15.0. The van der Waals surface area contributed by atoms with E-state index in [0.29, 0.717) is 36.9 Å². The zero-order valence-electron chi connectivity index (χ0n) is 21.8. The number of esters is 1. The summed E-state index contributed by atoms with van der Waals surface area (Å²) in [5, 5.41) is 0.423. The van der Waals surface area contributed by atoms with Crippen molar-refractivity contribution in [2.75, 3.05) is 6.61 Å². The molecule has 41 heavy (non-hydrogen) atoms. The summed E-state index contributed by atoms with van der Waals surface area (Å²) in [5.74, 6) is -0.256. The van der Waals surface area contributed by atoms with E-state index in [-0.39, 0.29) is 30.2 Å². The maximum absolute atomic E-state index is 14.0. The highest BCUT2D eigenvalue weighted by Gasteiger charge is 2.34. The van der Waals surface area contributed by atoms with E-state index in [1.54, 1.807) is 50.3 Å². The monoisotopic (exact) mass is 814 g/mol. The molecule has 11 heteroatoms. The number of rotatable bonds is 7. The lowest BCUT2D eigenvalue weighted by atomic mass is 9.96. The number of ether oxygens (including phenoxy) is 2. The Bertz CT molecular complexity index is 1870. The molecule has 210 valence electrons. The van der Waals surface area contributed by atoms with Crippen LogP contribution in [0.4, 0.5) is 4.39 Å². The molecule has 1 aromatic heterocycles. The van der Waals surface area contributed by atoms with Crippen molar-refractivity contribution in [1.82, 2.24) is 4.57 Å². The third-order valence-electron chi connectivity index (χ3n) is 6.34. The summed E-state index contributed by atoms with van der Waals surface area (Å²) in [6.07, 6.45) is 1.78. The van der Waals surface area contributed by atoms with Gasteiger partial charge in [-0.25, -0.2) is 14.2 Å². The highest BCUT2D eigenvalue weighted by atomic mass is 127. The molecular weight excluding hydrogens is 793 g/mol. The smallest absolute Gasteiger partial charge is 0.338 e. The predicted octanol–water partition coefficient (Wildman–Crippen LogP) is 6.38. The molecule has 1 aliphatic rings. The standard InChI is InChI=1S/C30H22ClFI2N2O4S/c1-3-39-29(38)25-16(2)35-30-36(26(25)21-6-4-5-7-22(21)31)28(37)24(41-30)13-18-12-20(33)14-23(34)27(18)40-15-17-8-10-19(32)11-9-17/h4-14,26H,3,15H2,1-2H3/b24-13-/t26-/m1/s1. The average Bonchev–Trinajstić information content (AvgIpc) is 3.23. The van der Waals surface area contributed by atoms with Gasteiger partial charge in [-0.05, 0) is 107 Å². The first-order valence-electron chi connectivity index (χ1n) is 12.5. The van der Waals surface area contributed by atoms with Gasteiger partial charge >= 0.3 is 5.97 Å². The van der Waals surface area contributed by atoms with Gasteiger partial charge in [0.05, 0.1) is 26.0 Å². The number of thiazole rings is 1. The number of hydrogen-bond donors (Lipinski definition) is 0. The van der Waals surface area contributed by atoms with Crippen molar-refractivity contribution < 1.29 is 18.7 Å². The summed E-state index contributed by atoms with van der Waals surface area (Å²) in [6.45, 7) is 3.87. The second kappa shape index (κ2) is 12.8. The van der Waals surface area contributed by atoms with Crippen molar-refractivity contribution in [3.05, 3.63) is 126 Å². The van der Waals surface area contributed by atoms with E-state index < -0.39 is 12.0 Å². The van der Waals surface area contributed by atoms with Crippen LogP contribution >= 0.6 is 68.1 Å². The van der Waals surface area contributed by atoms with E-state index in [4.69, 9.17) is 21.1 Å². The summed E-state index contributed by atoms with van der Waals surface area (Å²) < 4.78 is 28.7. The number of hydrogen-bond acceptors (Lipinski definition) is 6. The number of carbonyl (C=O) groups is 1. The van der Waals surface area contributed by atoms with E-state index >= 15 is 0 Å². The molecule has 6 nitrogen and oxygen atoms in total. The second-order valence-corrected chi connectivity index (χ2v) is 12.9. The summed E-state index contributed by atoms with van der Waals surface area (Å²) in [6, 6.07) is 16.4. The Morgan fingerprint density at radius 3 is 2.61 bits per heavy atom. The van der Waals surface area contributed by atoms with E-state index in [0.717, 1.165) is 12.7 Å². The quantitative estimate of drug-likeness (QED) is 0.161. The third kappa shape index (κ3) is 6.30. The number of aromatic nitrogens is 1. The molecule has 1 aliphatic heterocycles. The van der Waals surface area contributed by atoms with Gasteiger partial charge in [-0.2, -0.15) is 0 Å². The van der Waals surface area contributed by atoms with Crippen molar-refractivity contribution in [1.29, 1.82) is 0 Å². The Kier molecular flexibility index (Phi) is 9.31. The van der Waals surface area contributed by atoms with Crippen LogP contribution in [0.2, 0.25) is 5.02 Å². The van der Waals surface area contributed by atoms with Crippen molar-refractivity contribution in [3.63, 3.8) is 0 Å². The highest BCUT2D eigenvalue weighted by molar-refractivity contribution is 14.1. The SMILES string of the molecule is CCOC(=O)C1=C(C)N=c2s/c(=C\c3cc(I)cc(I)c3OCc3ccc(F)cc3)c(=O)n2[C@@H]1c1ccccc1Cl. The van der Waals surface area contributed by atoms with Gasteiger partial charge in [-0.3, -0.25) is 9.36 Å². The van der Waals surface area contributed by atoms with Gasteiger partial charge in [0.1, 0.15) is 24.2 Å². The molecule has 5 rings (SSSR count). The van der Waals surface area contributed by atoms with E-state index in [9.17, 15) is 14.0 Å². The minimum absolute atomic E-state index is 0.182. The van der Waals surface area contributed by atoms with Crippen LogP contribution in [-0.4, -0.2) is 17.1 Å². The maximum Gasteiger partial charge on any atom is 0.338 e. The molecule has 0 spiro atoms. The van der Waals surface area contributed by atoms with Crippen LogP contribution in [0, 0.1) is 13.0 Å². The number of nitrogens with zero attached hydrogens (tertiary/aromatic N) is 2. The van der Waals surface area contributed by atoms with E-state index in [2.05, 4.69) is 50.2 Å². The maximum atomic E-state index is 14.0. The number of fused-ring (bicyclic) bond motifs is 1. The Morgan fingerprint density at radius 2 is 1.90 bits per heavy atom. The summed E-state index contributed by atoms with van der Waals surface area (Å²) in [4.78, 5) is 32.2. The molecule has 4 aromatic rings. The van der Waals surface area contributed by atoms with Crippen LogP contribution in [0.25, 0.3) is 6.08 Å².